The standard InChI is InChI=1S/C22H30N4O3S/c1-28-18-5-6-19(20(13-18)29-2)22-23-17(16-30-22)14-24-9-11-25(12-10-24)15-21(27)26-7-3-4-8-26/h5-6,13,16H,3-4,7-12,14-15H2,1-2H3. The fourth-order valence-electron chi connectivity index (χ4n) is 4.07. The predicted octanol–water partition coefficient (Wildman–Crippen LogP) is 2.57. The number of likely N-dealkylation sites (tertiary alicyclic amines) is 1. The van der Waals surface area contributed by atoms with Crippen LogP contribution in [0.5, 0.6) is 11.5 Å². The van der Waals surface area contributed by atoms with Gasteiger partial charge in [-0.1, -0.05) is 0 Å². The van der Waals surface area contributed by atoms with Crippen LogP contribution in [-0.4, -0.2) is 85.6 Å². The third-order valence-electron chi connectivity index (χ3n) is 5.86. The molecular formula is C22H30N4O3S. The Morgan fingerprint density at radius 2 is 1.77 bits per heavy atom. The van der Waals surface area contributed by atoms with Crippen molar-refractivity contribution in [3.8, 4) is 22.1 Å². The van der Waals surface area contributed by atoms with E-state index in [0.717, 1.165) is 86.4 Å². The van der Waals surface area contributed by atoms with Gasteiger partial charge >= 0.3 is 0 Å². The highest BCUT2D eigenvalue weighted by atomic mass is 32.1. The van der Waals surface area contributed by atoms with E-state index in [4.69, 9.17) is 14.5 Å². The van der Waals surface area contributed by atoms with Gasteiger partial charge in [-0.15, -0.1) is 11.3 Å². The molecule has 1 aromatic heterocycles. The zero-order valence-corrected chi connectivity index (χ0v) is 18.6. The Hall–Kier alpha value is -2.16. The quantitative estimate of drug-likeness (QED) is 0.673. The molecule has 2 fully saturated rings. The summed E-state index contributed by atoms with van der Waals surface area (Å²) in [6.07, 6.45) is 2.30. The lowest BCUT2D eigenvalue weighted by Gasteiger charge is -2.34. The second kappa shape index (κ2) is 9.76. The summed E-state index contributed by atoms with van der Waals surface area (Å²) in [4.78, 5) is 23.9. The van der Waals surface area contributed by atoms with Crippen molar-refractivity contribution in [3.63, 3.8) is 0 Å². The molecule has 0 aliphatic carbocycles. The first-order valence-corrected chi connectivity index (χ1v) is 11.4. The number of rotatable bonds is 7. The number of ether oxygens (including phenoxy) is 2. The maximum absolute atomic E-state index is 12.4. The van der Waals surface area contributed by atoms with E-state index in [2.05, 4.69) is 15.2 Å². The summed E-state index contributed by atoms with van der Waals surface area (Å²) in [5.41, 5.74) is 2.06. The van der Waals surface area contributed by atoms with Gasteiger partial charge in [-0.05, 0) is 25.0 Å². The van der Waals surface area contributed by atoms with Crippen LogP contribution < -0.4 is 9.47 Å². The number of thiazole rings is 1. The van der Waals surface area contributed by atoms with E-state index in [1.54, 1.807) is 25.6 Å². The molecule has 2 aromatic rings. The van der Waals surface area contributed by atoms with Gasteiger partial charge in [0, 0.05) is 57.3 Å². The fourth-order valence-corrected chi connectivity index (χ4v) is 4.91. The lowest BCUT2D eigenvalue weighted by Crippen LogP contribution is -2.49. The number of amides is 1. The highest BCUT2D eigenvalue weighted by Crippen LogP contribution is 2.35. The molecule has 7 nitrogen and oxygen atoms in total. The Balaban J connectivity index is 1.30. The topological polar surface area (TPSA) is 58.1 Å². The summed E-state index contributed by atoms with van der Waals surface area (Å²) in [5, 5.41) is 3.08. The number of aromatic nitrogens is 1. The van der Waals surface area contributed by atoms with Crippen molar-refractivity contribution in [2.75, 3.05) is 60.0 Å². The number of hydrogen-bond donors (Lipinski definition) is 0. The lowest BCUT2D eigenvalue weighted by atomic mass is 10.2. The van der Waals surface area contributed by atoms with E-state index in [1.807, 2.05) is 23.1 Å². The van der Waals surface area contributed by atoms with E-state index >= 15 is 0 Å². The second-order valence-corrected chi connectivity index (χ2v) is 8.71. The van der Waals surface area contributed by atoms with Crippen molar-refractivity contribution >= 4 is 17.2 Å². The van der Waals surface area contributed by atoms with Crippen LogP contribution in [0.2, 0.25) is 0 Å². The summed E-state index contributed by atoms with van der Waals surface area (Å²) < 4.78 is 10.8. The van der Waals surface area contributed by atoms with Gasteiger partial charge < -0.3 is 14.4 Å². The Morgan fingerprint density at radius 1 is 1.03 bits per heavy atom. The van der Waals surface area contributed by atoms with E-state index < -0.39 is 0 Å². The van der Waals surface area contributed by atoms with Crippen molar-refractivity contribution in [3.05, 3.63) is 29.3 Å². The molecule has 0 bridgehead atoms. The molecule has 0 spiro atoms. The molecule has 2 saturated heterocycles. The van der Waals surface area contributed by atoms with Crippen LogP contribution in [0.25, 0.3) is 10.6 Å². The van der Waals surface area contributed by atoms with Crippen LogP contribution in [0.3, 0.4) is 0 Å². The van der Waals surface area contributed by atoms with Crippen molar-refractivity contribution in [1.29, 1.82) is 0 Å². The minimum Gasteiger partial charge on any atom is -0.497 e. The zero-order chi connectivity index (χ0) is 20.9. The van der Waals surface area contributed by atoms with E-state index in [1.165, 1.54) is 0 Å². The van der Waals surface area contributed by atoms with E-state index in [-0.39, 0.29) is 0 Å². The molecule has 0 atom stereocenters. The van der Waals surface area contributed by atoms with Gasteiger partial charge in [0.2, 0.25) is 5.91 Å². The Morgan fingerprint density at radius 3 is 2.47 bits per heavy atom. The van der Waals surface area contributed by atoms with Gasteiger partial charge in [-0.3, -0.25) is 14.6 Å². The van der Waals surface area contributed by atoms with Gasteiger partial charge in [0.25, 0.3) is 0 Å². The molecule has 0 N–H and O–H groups in total. The lowest BCUT2D eigenvalue weighted by molar-refractivity contribution is -0.131. The van der Waals surface area contributed by atoms with Gasteiger partial charge in [0.05, 0.1) is 32.0 Å². The molecule has 3 heterocycles. The number of methoxy groups -OCH3 is 2. The number of piperazine rings is 1. The number of carbonyl (C=O) groups excluding carboxylic acids is 1. The molecule has 0 unspecified atom stereocenters. The summed E-state index contributed by atoms with van der Waals surface area (Å²) >= 11 is 1.64. The van der Waals surface area contributed by atoms with Crippen LogP contribution in [0, 0.1) is 0 Å². The molecule has 0 radical (unpaired) electrons. The molecule has 1 aromatic carbocycles. The molecule has 162 valence electrons. The predicted molar refractivity (Wildman–Crippen MR) is 118 cm³/mol. The first kappa shape index (κ1) is 21.1. The van der Waals surface area contributed by atoms with Crippen molar-refractivity contribution < 1.29 is 14.3 Å². The summed E-state index contributed by atoms with van der Waals surface area (Å²) in [7, 11) is 3.32. The number of carbonyl (C=O) groups is 1. The average Bonchev–Trinajstić information content (AvgIpc) is 3.47. The Bertz CT molecular complexity index is 858. The third kappa shape index (κ3) is 4.94. The van der Waals surface area contributed by atoms with Gasteiger partial charge in [-0.2, -0.15) is 0 Å². The largest absolute Gasteiger partial charge is 0.497 e. The van der Waals surface area contributed by atoms with Crippen molar-refractivity contribution in [1.82, 2.24) is 19.7 Å². The molecule has 8 heteroatoms. The monoisotopic (exact) mass is 430 g/mol. The highest BCUT2D eigenvalue weighted by Gasteiger charge is 2.24. The van der Waals surface area contributed by atoms with Crippen LogP contribution in [0.4, 0.5) is 0 Å². The minimum absolute atomic E-state index is 0.290. The van der Waals surface area contributed by atoms with Crippen LogP contribution in [0.15, 0.2) is 23.6 Å². The molecule has 1 amide bonds. The van der Waals surface area contributed by atoms with Crippen molar-refractivity contribution in [2.24, 2.45) is 0 Å². The number of nitrogens with zero attached hydrogens (tertiary/aromatic N) is 4. The molecule has 4 rings (SSSR count). The fraction of sp³-hybridized carbons (Fsp3) is 0.545. The first-order valence-electron chi connectivity index (χ1n) is 10.6. The maximum Gasteiger partial charge on any atom is 0.236 e. The first-order chi connectivity index (χ1) is 14.7. The van der Waals surface area contributed by atoms with E-state index in [9.17, 15) is 4.79 Å². The van der Waals surface area contributed by atoms with Gasteiger partial charge in [-0.25, -0.2) is 4.98 Å². The summed E-state index contributed by atoms with van der Waals surface area (Å²) in [6, 6.07) is 5.82. The van der Waals surface area contributed by atoms with Crippen LogP contribution in [-0.2, 0) is 11.3 Å². The van der Waals surface area contributed by atoms with Crippen molar-refractivity contribution in [2.45, 2.75) is 19.4 Å². The molecule has 2 aliphatic rings. The number of hydrogen-bond acceptors (Lipinski definition) is 7. The number of benzene rings is 1. The summed E-state index contributed by atoms with van der Waals surface area (Å²) in [6.45, 7) is 7.06. The Labute approximate surface area is 182 Å². The normalized spacial score (nSPS) is 18.0. The SMILES string of the molecule is COc1ccc(-c2nc(CN3CCN(CC(=O)N4CCCC4)CC3)cs2)c(OC)c1. The molecule has 0 saturated carbocycles. The summed E-state index contributed by atoms with van der Waals surface area (Å²) in [5.74, 6) is 1.83. The maximum atomic E-state index is 12.4. The van der Waals surface area contributed by atoms with Gasteiger partial charge in [0.15, 0.2) is 0 Å². The zero-order valence-electron chi connectivity index (χ0n) is 17.8. The van der Waals surface area contributed by atoms with Gasteiger partial charge in [0.1, 0.15) is 16.5 Å². The van der Waals surface area contributed by atoms with E-state index in [0.29, 0.717) is 12.5 Å². The molecular weight excluding hydrogens is 400 g/mol. The highest BCUT2D eigenvalue weighted by molar-refractivity contribution is 7.13. The van der Waals surface area contributed by atoms with Crippen LogP contribution in [0.1, 0.15) is 18.5 Å². The average molecular weight is 431 g/mol. The van der Waals surface area contributed by atoms with Crippen LogP contribution >= 0.6 is 11.3 Å². The molecule has 2 aliphatic heterocycles. The second-order valence-electron chi connectivity index (χ2n) is 7.85. The molecule has 30 heavy (non-hydrogen) atoms. The Kier molecular flexibility index (Phi) is 6.86. The smallest absolute Gasteiger partial charge is 0.236 e. The third-order valence-corrected chi connectivity index (χ3v) is 6.78. The minimum atomic E-state index is 0.290.